The molecule has 0 radical (unpaired) electrons. The fourth-order valence-corrected chi connectivity index (χ4v) is 2.49. The van der Waals surface area contributed by atoms with E-state index in [9.17, 15) is 4.79 Å². The van der Waals surface area contributed by atoms with E-state index in [1.54, 1.807) is 0 Å². The van der Waals surface area contributed by atoms with Crippen LogP contribution in [-0.2, 0) is 11.3 Å². The number of Topliss-reactive ketones (excluding diaryl/α,β-unsaturated/α-hetero) is 1. The van der Waals surface area contributed by atoms with Crippen LogP contribution in [0.5, 0.6) is 0 Å². The molecule has 1 aromatic rings. The summed E-state index contributed by atoms with van der Waals surface area (Å²) < 4.78 is 0. The topological polar surface area (TPSA) is 33.2 Å². The van der Waals surface area contributed by atoms with Gasteiger partial charge in [0.1, 0.15) is 5.78 Å². The minimum atomic E-state index is 0.254. The van der Waals surface area contributed by atoms with Crippen molar-refractivity contribution in [1.29, 1.82) is 0 Å². The van der Waals surface area contributed by atoms with E-state index in [4.69, 9.17) is 0 Å². The van der Waals surface area contributed by atoms with Crippen molar-refractivity contribution < 1.29 is 4.79 Å². The number of carbonyl (C=O) groups excluding carboxylic acids is 1. The van der Waals surface area contributed by atoms with E-state index in [1.165, 1.54) is 0 Å². The summed E-state index contributed by atoms with van der Waals surface area (Å²) >= 11 is 0. The van der Waals surface area contributed by atoms with Crippen molar-refractivity contribution in [2.75, 3.05) is 13.6 Å². The second-order valence-corrected chi connectivity index (χ2v) is 5.02. The molecule has 1 heterocycles. The van der Waals surface area contributed by atoms with Gasteiger partial charge in [0.15, 0.2) is 0 Å². The summed E-state index contributed by atoms with van der Waals surface area (Å²) in [5, 5.41) is 0. The zero-order valence-corrected chi connectivity index (χ0v) is 10.6. The third-order valence-electron chi connectivity index (χ3n) is 3.34. The molecule has 2 rings (SSSR count). The molecule has 0 saturated heterocycles. The predicted octanol–water partition coefficient (Wildman–Crippen LogP) is 2.19. The van der Waals surface area contributed by atoms with E-state index in [-0.39, 0.29) is 5.92 Å². The van der Waals surface area contributed by atoms with Gasteiger partial charge in [-0.05, 0) is 38.9 Å². The molecule has 0 bridgehead atoms. The standard InChI is InChI=1S/C14H20N2O/c1-11-5-3-7-13(15-11)10-16(2)9-12-6-4-8-14(12)17/h3,5,7,12H,4,6,8-10H2,1-2H3. The molecule has 0 spiro atoms. The molecule has 1 unspecified atom stereocenters. The monoisotopic (exact) mass is 232 g/mol. The molecular weight excluding hydrogens is 212 g/mol. The number of ketones is 1. The Morgan fingerprint density at radius 2 is 2.29 bits per heavy atom. The lowest BCUT2D eigenvalue weighted by atomic mass is 10.1. The van der Waals surface area contributed by atoms with Crippen molar-refractivity contribution in [3.63, 3.8) is 0 Å². The van der Waals surface area contributed by atoms with E-state index in [1.807, 2.05) is 25.1 Å². The number of aromatic nitrogens is 1. The molecule has 3 heteroatoms. The molecule has 1 atom stereocenters. The van der Waals surface area contributed by atoms with Crippen LogP contribution in [0, 0.1) is 12.8 Å². The first kappa shape index (κ1) is 12.2. The number of nitrogens with zero attached hydrogens (tertiary/aromatic N) is 2. The van der Waals surface area contributed by atoms with Gasteiger partial charge in [0.05, 0.1) is 5.69 Å². The van der Waals surface area contributed by atoms with Gasteiger partial charge in [0, 0.05) is 31.1 Å². The largest absolute Gasteiger partial charge is 0.300 e. The van der Waals surface area contributed by atoms with Gasteiger partial charge in [-0.25, -0.2) is 0 Å². The Hall–Kier alpha value is -1.22. The highest BCUT2D eigenvalue weighted by Gasteiger charge is 2.25. The van der Waals surface area contributed by atoms with Gasteiger partial charge in [0.25, 0.3) is 0 Å². The summed E-state index contributed by atoms with van der Waals surface area (Å²) in [5.41, 5.74) is 2.13. The SMILES string of the molecule is Cc1cccc(CN(C)CC2CCCC2=O)n1. The summed E-state index contributed by atoms with van der Waals surface area (Å²) in [6.45, 7) is 3.70. The van der Waals surface area contributed by atoms with E-state index in [0.29, 0.717) is 5.78 Å². The van der Waals surface area contributed by atoms with Crippen LogP contribution in [0.4, 0.5) is 0 Å². The van der Waals surface area contributed by atoms with Crippen LogP contribution in [0.15, 0.2) is 18.2 Å². The van der Waals surface area contributed by atoms with Crippen LogP contribution in [0.2, 0.25) is 0 Å². The van der Waals surface area contributed by atoms with E-state index < -0.39 is 0 Å². The third-order valence-corrected chi connectivity index (χ3v) is 3.34. The van der Waals surface area contributed by atoms with Crippen molar-refractivity contribution >= 4 is 5.78 Å². The van der Waals surface area contributed by atoms with E-state index in [2.05, 4.69) is 16.9 Å². The lowest BCUT2D eigenvalue weighted by Crippen LogP contribution is -2.27. The van der Waals surface area contributed by atoms with Crippen LogP contribution in [0.25, 0.3) is 0 Å². The Bertz CT molecular complexity index is 403. The lowest BCUT2D eigenvalue weighted by molar-refractivity contribution is -0.121. The van der Waals surface area contributed by atoms with Gasteiger partial charge in [-0.2, -0.15) is 0 Å². The van der Waals surface area contributed by atoms with Crippen LogP contribution in [0.3, 0.4) is 0 Å². The highest BCUT2D eigenvalue weighted by atomic mass is 16.1. The molecule has 92 valence electrons. The summed E-state index contributed by atoms with van der Waals surface area (Å²) in [4.78, 5) is 18.3. The second-order valence-electron chi connectivity index (χ2n) is 5.02. The zero-order chi connectivity index (χ0) is 12.3. The molecule has 0 amide bonds. The molecule has 0 aromatic carbocycles. The summed E-state index contributed by atoms with van der Waals surface area (Å²) in [5.74, 6) is 0.693. The van der Waals surface area contributed by atoms with Crippen molar-refractivity contribution in [2.24, 2.45) is 5.92 Å². The van der Waals surface area contributed by atoms with Gasteiger partial charge < -0.3 is 0 Å². The molecule has 1 aliphatic carbocycles. The summed E-state index contributed by atoms with van der Waals surface area (Å²) in [7, 11) is 2.07. The summed E-state index contributed by atoms with van der Waals surface area (Å²) in [6.07, 6.45) is 2.91. The Morgan fingerprint density at radius 1 is 1.47 bits per heavy atom. The van der Waals surface area contributed by atoms with Crippen LogP contribution < -0.4 is 0 Å². The molecule has 1 aliphatic rings. The minimum Gasteiger partial charge on any atom is -0.300 e. The Morgan fingerprint density at radius 3 is 2.94 bits per heavy atom. The first-order valence-electron chi connectivity index (χ1n) is 6.29. The predicted molar refractivity (Wildman–Crippen MR) is 67.7 cm³/mol. The highest BCUT2D eigenvalue weighted by molar-refractivity contribution is 5.83. The average Bonchev–Trinajstić information content (AvgIpc) is 2.64. The molecule has 1 fully saturated rings. The lowest BCUT2D eigenvalue weighted by Gasteiger charge is -2.19. The maximum atomic E-state index is 11.6. The molecule has 1 saturated carbocycles. The van der Waals surface area contributed by atoms with E-state index >= 15 is 0 Å². The Kier molecular flexibility index (Phi) is 3.89. The van der Waals surface area contributed by atoms with Gasteiger partial charge >= 0.3 is 0 Å². The average molecular weight is 232 g/mol. The molecule has 0 aliphatic heterocycles. The van der Waals surface area contributed by atoms with Gasteiger partial charge in [-0.15, -0.1) is 0 Å². The number of rotatable bonds is 4. The Labute approximate surface area is 103 Å². The number of aryl methyl sites for hydroxylation is 1. The Balaban J connectivity index is 1.88. The van der Waals surface area contributed by atoms with Crippen molar-refractivity contribution in [2.45, 2.75) is 32.7 Å². The van der Waals surface area contributed by atoms with Crippen LogP contribution in [0.1, 0.15) is 30.7 Å². The third kappa shape index (κ3) is 3.37. The number of hydrogen-bond acceptors (Lipinski definition) is 3. The molecule has 17 heavy (non-hydrogen) atoms. The maximum Gasteiger partial charge on any atom is 0.137 e. The number of pyridine rings is 1. The minimum absolute atomic E-state index is 0.254. The number of carbonyl (C=O) groups is 1. The van der Waals surface area contributed by atoms with Gasteiger partial charge in [-0.3, -0.25) is 14.7 Å². The van der Waals surface area contributed by atoms with Crippen LogP contribution >= 0.6 is 0 Å². The van der Waals surface area contributed by atoms with Crippen molar-refractivity contribution in [3.8, 4) is 0 Å². The first-order chi connectivity index (χ1) is 8.15. The fraction of sp³-hybridized carbons (Fsp3) is 0.571. The molecule has 3 nitrogen and oxygen atoms in total. The summed E-state index contributed by atoms with van der Waals surface area (Å²) in [6, 6.07) is 6.08. The van der Waals surface area contributed by atoms with E-state index in [0.717, 1.165) is 43.7 Å². The van der Waals surface area contributed by atoms with Crippen molar-refractivity contribution in [1.82, 2.24) is 9.88 Å². The highest BCUT2D eigenvalue weighted by Crippen LogP contribution is 2.22. The fourth-order valence-electron chi connectivity index (χ4n) is 2.49. The molecular formula is C14H20N2O. The molecule has 1 aromatic heterocycles. The maximum absolute atomic E-state index is 11.6. The zero-order valence-electron chi connectivity index (χ0n) is 10.6. The van der Waals surface area contributed by atoms with Gasteiger partial charge in [-0.1, -0.05) is 6.07 Å². The smallest absolute Gasteiger partial charge is 0.137 e. The first-order valence-corrected chi connectivity index (χ1v) is 6.29. The number of hydrogen-bond donors (Lipinski definition) is 0. The second kappa shape index (κ2) is 5.41. The van der Waals surface area contributed by atoms with Crippen molar-refractivity contribution in [3.05, 3.63) is 29.6 Å². The molecule has 0 N–H and O–H groups in total. The normalized spacial score (nSPS) is 20.2. The quantitative estimate of drug-likeness (QED) is 0.798. The van der Waals surface area contributed by atoms with Gasteiger partial charge in [0.2, 0.25) is 0 Å². The van der Waals surface area contributed by atoms with Crippen LogP contribution in [-0.4, -0.2) is 29.3 Å².